The zero-order valence-corrected chi connectivity index (χ0v) is 15.3. The molecule has 0 fully saturated rings. The molecule has 26 heavy (non-hydrogen) atoms. The smallest absolute Gasteiger partial charge is 0.306 e. The van der Waals surface area contributed by atoms with Crippen molar-refractivity contribution in [2.75, 3.05) is 6.54 Å². The van der Waals surface area contributed by atoms with Crippen LogP contribution in [-0.4, -0.2) is 46.7 Å². The summed E-state index contributed by atoms with van der Waals surface area (Å²) in [6, 6.07) is 8.69. The van der Waals surface area contributed by atoms with E-state index in [1.165, 1.54) is 0 Å². The quantitative estimate of drug-likeness (QED) is 0.469. The summed E-state index contributed by atoms with van der Waals surface area (Å²) in [5, 5.41) is 23.6. The minimum absolute atomic E-state index is 0.336. The first-order valence-corrected chi connectivity index (χ1v) is 8.81. The maximum absolute atomic E-state index is 12.4. The van der Waals surface area contributed by atoms with E-state index in [0.717, 1.165) is 12.0 Å². The molecule has 4 N–H and O–H groups in total. The zero-order chi connectivity index (χ0) is 19.5. The molecule has 0 aliphatic heterocycles. The average Bonchev–Trinajstić information content (AvgIpc) is 2.58. The van der Waals surface area contributed by atoms with Gasteiger partial charge in [0.15, 0.2) is 0 Å². The van der Waals surface area contributed by atoms with Gasteiger partial charge in [0.1, 0.15) is 12.1 Å². The number of hydrogen-bond donors (Lipinski definition) is 4. The van der Waals surface area contributed by atoms with Crippen molar-refractivity contribution in [1.29, 1.82) is 0 Å². The maximum atomic E-state index is 12.4. The number of carbonyl (C=O) groups is 3. The zero-order valence-electron chi connectivity index (χ0n) is 15.3. The van der Waals surface area contributed by atoms with E-state index in [0.29, 0.717) is 25.3 Å². The number of nitrogens with one attached hydrogen (secondary N) is 2. The van der Waals surface area contributed by atoms with Crippen molar-refractivity contribution < 1.29 is 24.6 Å². The van der Waals surface area contributed by atoms with Gasteiger partial charge in [0, 0.05) is 6.54 Å². The van der Waals surface area contributed by atoms with Crippen molar-refractivity contribution in [3.63, 3.8) is 0 Å². The van der Waals surface area contributed by atoms with E-state index in [4.69, 9.17) is 5.11 Å². The number of benzene rings is 1. The van der Waals surface area contributed by atoms with Gasteiger partial charge in [0.25, 0.3) is 0 Å². The molecule has 1 aromatic carbocycles. The molecule has 1 rings (SSSR count). The van der Waals surface area contributed by atoms with E-state index < -0.39 is 30.4 Å². The van der Waals surface area contributed by atoms with Crippen LogP contribution in [0.15, 0.2) is 30.3 Å². The Balaban J connectivity index is 2.68. The number of amides is 2. The summed E-state index contributed by atoms with van der Waals surface area (Å²) in [5.41, 5.74) is 1.02. The molecule has 0 aromatic heterocycles. The van der Waals surface area contributed by atoms with Gasteiger partial charge in [0.05, 0.1) is 6.42 Å². The van der Waals surface area contributed by atoms with E-state index in [9.17, 15) is 19.5 Å². The number of aliphatic hydroxyl groups excluding tert-OH is 1. The Morgan fingerprint density at radius 3 is 2.27 bits per heavy atom. The minimum atomic E-state index is -1.69. The first kappa shape index (κ1) is 21.6. The lowest BCUT2D eigenvalue weighted by atomic mass is 10.0. The summed E-state index contributed by atoms with van der Waals surface area (Å²) in [4.78, 5) is 35.0. The lowest BCUT2D eigenvalue weighted by Crippen LogP contribution is -2.50. The summed E-state index contributed by atoms with van der Waals surface area (Å²) >= 11 is 0. The normalized spacial score (nSPS) is 13.1. The number of carboxylic acid groups (broad SMARTS) is 1. The maximum Gasteiger partial charge on any atom is 0.306 e. The SMILES string of the molecule is CC(C)CCNC(=O)C(CCc1ccccc1)NC(=O)C(O)CC(=O)O. The molecule has 0 aliphatic carbocycles. The third kappa shape index (κ3) is 8.62. The fraction of sp³-hybridized carbons (Fsp3) is 0.526. The van der Waals surface area contributed by atoms with Crippen molar-refractivity contribution in [1.82, 2.24) is 10.6 Å². The molecule has 0 saturated carbocycles. The van der Waals surface area contributed by atoms with E-state index in [-0.39, 0.29) is 5.91 Å². The van der Waals surface area contributed by atoms with E-state index in [2.05, 4.69) is 10.6 Å². The lowest BCUT2D eigenvalue weighted by Gasteiger charge is -2.20. The first-order valence-electron chi connectivity index (χ1n) is 8.81. The number of aryl methyl sites for hydroxylation is 1. The van der Waals surface area contributed by atoms with Gasteiger partial charge in [-0.3, -0.25) is 14.4 Å². The fourth-order valence-corrected chi connectivity index (χ4v) is 2.36. The van der Waals surface area contributed by atoms with Gasteiger partial charge in [-0.2, -0.15) is 0 Å². The molecule has 7 heteroatoms. The predicted octanol–water partition coefficient (Wildman–Crippen LogP) is 1.10. The van der Waals surface area contributed by atoms with Crippen LogP contribution in [0.2, 0.25) is 0 Å². The Kier molecular flexibility index (Phi) is 9.36. The molecule has 2 amide bonds. The summed E-state index contributed by atoms with van der Waals surface area (Å²) in [7, 11) is 0. The number of aliphatic carboxylic acids is 1. The summed E-state index contributed by atoms with van der Waals surface area (Å²) in [6.07, 6.45) is -0.657. The van der Waals surface area contributed by atoms with Crippen molar-refractivity contribution >= 4 is 17.8 Å². The number of carboxylic acids is 1. The van der Waals surface area contributed by atoms with Gasteiger partial charge >= 0.3 is 5.97 Å². The number of carbonyl (C=O) groups excluding carboxylic acids is 2. The predicted molar refractivity (Wildman–Crippen MR) is 97.4 cm³/mol. The topological polar surface area (TPSA) is 116 Å². The van der Waals surface area contributed by atoms with E-state index >= 15 is 0 Å². The second kappa shape index (κ2) is 11.3. The molecule has 1 aromatic rings. The highest BCUT2D eigenvalue weighted by atomic mass is 16.4. The van der Waals surface area contributed by atoms with Crippen LogP contribution >= 0.6 is 0 Å². The van der Waals surface area contributed by atoms with Crippen LogP contribution in [0.5, 0.6) is 0 Å². The minimum Gasteiger partial charge on any atom is -0.481 e. The Bertz CT molecular complexity index is 589. The third-order valence-electron chi connectivity index (χ3n) is 3.89. The fourth-order valence-electron chi connectivity index (χ4n) is 2.36. The molecule has 7 nitrogen and oxygen atoms in total. The van der Waals surface area contributed by atoms with Crippen LogP contribution < -0.4 is 10.6 Å². The molecule has 0 heterocycles. The molecule has 0 spiro atoms. The summed E-state index contributed by atoms with van der Waals surface area (Å²) < 4.78 is 0. The standard InChI is InChI=1S/C19H28N2O5/c1-13(2)10-11-20-18(25)15(9-8-14-6-4-3-5-7-14)21-19(26)16(22)12-17(23)24/h3-7,13,15-16,22H,8-12H2,1-2H3,(H,20,25)(H,21,26)(H,23,24). The highest BCUT2D eigenvalue weighted by Gasteiger charge is 2.25. The van der Waals surface area contributed by atoms with Crippen molar-refractivity contribution in [2.24, 2.45) is 5.92 Å². The number of hydrogen-bond acceptors (Lipinski definition) is 4. The van der Waals surface area contributed by atoms with Gasteiger partial charge < -0.3 is 20.8 Å². The third-order valence-corrected chi connectivity index (χ3v) is 3.89. The molecular weight excluding hydrogens is 336 g/mol. The summed E-state index contributed by atoms with van der Waals surface area (Å²) in [6.45, 7) is 4.58. The van der Waals surface area contributed by atoms with Crippen molar-refractivity contribution in [3.05, 3.63) is 35.9 Å². The van der Waals surface area contributed by atoms with Crippen molar-refractivity contribution in [3.8, 4) is 0 Å². The van der Waals surface area contributed by atoms with Crippen LogP contribution in [0, 0.1) is 5.92 Å². The van der Waals surface area contributed by atoms with E-state index in [1.54, 1.807) is 0 Å². The van der Waals surface area contributed by atoms with Crippen LogP contribution in [0.4, 0.5) is 0 Å². The van der Waals surface area contributed by atoms with Gasteiger partial charge in [-0.15, -0.1) is 0 Å². The first-order chi connectivity index (χ1) is 12.3. The number of rotatable bonds is 11. The average molecular weight is 364 g/mol. The van der Waals surface area contributed by atoms with Crippen LogP contribution in [0.3, 0.4) is 0 Å². The van der Waals surface area contributed by atoms with Gasteiger partial charge in [-0.25, -0.2) is 0 Å². The van der Waals surface area contributed by atoms with Gasteiger partial charge in [-0.1, -0.05) is 44.2 Å². The molecule has 2 atom stereocenters. The molecule has 0 radical (unpaired) electrons. The highest BCUT2D eigenvalue weighted by Crippen LogP contribution is 2.07. The number of aliphatic hydroxyl groups is 1. The Morgan fingerprint density at radius 1 is 1.04 bits per heavy atom. The van der Waals surface area contributed by atoms with Crippen molar-refractivity contribution in [2.45, 2.75) is 51.7 Å². The molecule has 0 aliphatic rings. The molecule has 0 saturated heterocycles. The van der Waals surface area contributed by atoms with Crippen LogP contribution in [-0.2, 0) is 20.8 Å². The second-order valence-electron chi connectivity index (χ2n) is 6.67. The molecular formula is C19H28N2O5. The van der Waals surface area contributed by atoms with Gasteiger partial charge in [0.2, 0.25) is 11.8 Å². The lowest BCUT2D eigenvalue weighted by molar-refractivity contribution is -0.144. The largest absolute Gasteiger partial charge is 0.481 e. The monoisotopic (exact) mass is 364 g/mol. The van der Waals surface area contributed by atoms with Gasteiger partial charge in [-0.05, 0) is 30.7 Å². The molecule has 0 bridgehead atoms. The molecule has 144 valence electrons. The van der Waals surface area contributed by atoms with Crippen LogP contribution in [0.1, 0.15) is 38.7 Å². The highest BCUT2D eigenvalue weighted by molar-refractivity contribution is 5.90. The Hall–Kier alpha value is -2.41. The Morgan fingerprint density at radius 2 is 1.69 bits per heavy atom. The van der Waals surface area contributed by atoms with Crippen LogP contribution in [0.25, 0.3) is 0 Å². The Labute approximate surface area is 153 Å². The second-order valence-corrected chi connectivity index (χ2v) is 6.67. The van der Waals surface area contributed by atoms with E-state index in [1.807, 2.05) is 44.2 Å². The molecule has 2 unspecified atom stereocenters. The summed E-state index contributed by atoms with van der Waals surface area (Å²) in [5.74, 6) is -2.04.